The van der Waals surface area contributed by atoms with Crippen LogP contribution >= 0.6 is 11.3 Å². The molecule has 0 aliphatic heterocycles. The maximum absolute atomic E-state index is 6.25. The maximum Gasteiger partial charge on any atom is 0.0419 e. The van der Waals surface area contributed by atoms with Crippen LogP contribution in [0.1, 0.15) is 11.3 Å². The normalized spacial score (nSPS) is 12.7. The summed E-state index contributed by atoms with van der Waals surface area (Å²) < 4.78 is 1.34. The van der Waals surface area contributed by atoms with E-state index in [1.807, 2.05) is 24.4 Å². The lowest BCUT2D eigenvalue weighted by atomic mass is 10.0. The number of thiophene rings is 1. The Labute approximate surface area is 116 Å². The summed E-state index contributed by atoms with van der Waals surface area (Å²) in [5.74, 6) is 0. The molecular weight excluding hydrogens is 252 g/mol. The molecule has 0 radical (unpaired) electrons. The van der Waals surface area contributed by atoms with Crippen molar-refractivity contribution in [3.05, 3.63) is 65.3 Å². The van der Waals surface area contributed by atoms with Crippen LogP contribution in [0.2, 0.25) is 0 Å². The van der Waals surface area contributed by atoms with Gasteiger partial charge in [-0.25, -0.2) is 0 Å². The first-order chi connectivity index (χ1) is 9.33. The Kier molecular flexibility index (Phi) is 3.58. The molecule has 1 aromatic carbocycles. The number of rotatable bonds is 4. The van der Waals surface area contributed by atoms with Crippen LogP contribution in [0.25, 0.3) is 10.1 Å². The van der Waals surface area contributed by atoms with Gasteiger partial charge in [0, 0.05) is 29.1 Å². The van der Waals surface area contributed by atoms with Gasteiger partial charge in [0.25, 0.3) is 0 Å². The lowest BCUT2D eigenvalue weighted by molar-refractivity contribution is 0.657. The van der Waals surface area contributed by atoms with E-state index in [1.54, 1.807) is 11.3 Å². The van der Waals surface area contributed by atoms with E-state index in [-0.39, 0.29) is 6.04 Å². The first-order valence-electron chi connectivity index (χ1n) is 6.43. The lowest BCUT2D eigenvalue weighted by Crippen LogP contribution is -2.25. The van der Waals surface area contributed by atoms with Gasteiger partial charge in [0.05, 0.1) is 0 Å². The Balaban J connectivity index is 1.74. The van der Waals surface area contributed by atoms with Gasteiger partial charge in [-0.05, 0) is 40.9 Å². The third-order valence-electron chi connectivity index (χ3n) is 3.24. The van der Waals surface area contributed by atoms with Gasteiger partial charge in [0.15, 0.2) is 0 Å². The largest absolute Gasteiger partial charge is 0.327 e. The SMILES string of the molecule is NC(Cc1ccccn1)Cc1csc2ccccc12. The van der Waals surface area contributed by atoms with E-state index >= 15 is 0 Å². The third kappa shape index (κ3) is 2.83. The van der Waals surface area contributed by atoms with Crippen LogP contribution in [0.5, 0.6) is 0 Å². The first-order valence-corrected chi connectivity index (χ1v) is 7.31. The summed E-state index contributed by atoms with van der Waals surface area (Å²) in [6.07, 6.45) is 3.55. The predicted molar refractivity (Wildman–Crippen MR) is 81.4 cm³/mol. The second-order valence-electron chi connectivity index (χ2n) is 4.75. The molecule has 0 spiro atoms. The highest BCUT2D eigenvalue weighted by atomic mass is 32.1. The Morgan fingerprint density at radius 2 is 1.89 bits per heavy atom. The minimum atomic E-state index is 0.118. The zero-order chi connectivity index (χ0) is 13.1. The number of pyridine rings is 1. The van der Waals surface area contributed by atoms with E-state index in [0.717, 1.165) is 18.5 Å². The average Bonchev–Trinajstić information content (AvgIpc) is 2.83. The Hall–Kier alpha value is -1.71. The third-order valence-corrected chi connectivity index (χ3v) is 4.25. The van der Waals surface area contributed by atoms with Gasteiger partial charge in [0.2, 0.25) is 0 Å². The molecule has 3 aromatic rings. The predicted octanol–water partition coefficient (Wildman–Crippen LogP) is 3.41. The number of aromatic nitrogens is 1. The van der Waals surface area contributed by atoms with E-state index in [1.165, 1.54) is 15.6 Å². The molecule has 1 atom stereocenters. The van der Waals surface area contributed by atoms with Gasteiger partial charge in [0.1, 0.15) is 0 Å². The van der Waals surface area contributed by atoms with Crippen LogP contribution in [0.3, 0.4) is 0 Å². The molecule has 2 nitrogen and oxygen atoms in total. The van der Waals surface area contributed by atoms with Crippen molar-refractivity contribution in [2.75, 3.05) is 0 Å². The van der Waals surface area contributed by atoms with Crippen LogP contribution in [-0.2, 0) is 12.8 Å². The number of hydrogen-bond acceptors (Lipinski definition) is 3. The van der Waals surface area contributed by atoms with Crippen LogP contribution in [-0.4, -0.2) is 11.0 Å². The molecule has 3 heteroatoms. The van der Waals surface area contributed by atoms with Crippen molar-refractivity contribution in [2.45, 2.75) is 18.9 Å². The smallest absolute Gasteiger partial charge is 0.0419 e. The summed E-state index contributed by atoms with van der Waals surface area (Å²) in [7, 11) is 0. The number of nitrogens with zero attached hydrogens (tertiary/aromatic N) is 1. The molecule has 2 N–H and O–H groups in total. The highest BCUT2D eigenvalue weighted by molar-refractivity contribution is 7.17. The zero-order valence-electron chi connectivity index (χ0n) is 10.6. The first kappa shape index (κ1) is 12.3. The quantitative estimate of drug-likeness (QED) is 0.787. The summed E-state index contributed by atoms with van der Waals surface area (Å²) in [5, 5.41) is 3.56. The van der Waals surface area contributed by atoms with Gasteiger partial charge >= 0.3 is 0 Å². The Morgan fingerprint density at radius 1 is 1.05 bits per heavy atom. The second-order valence-corrected chi connectivity index (χ2v) is 5.66. The molecule has 0 saturated carbocycles. The average molecular weight is 268 g/mol. The number of benzene rings is 1. The van der Waals surface area contributed by atoms with Crippen LogP contribution in [0, 0.1) is 0 Å². The highest BCUT2D eigenvalue weighted by Crippen LogP contribution is 2.26. The van der Waals surface area contributed by atoms with Gasteiger partial charge in [-0.3, -0.25) is 4.98 Å². The molecule has 19 heavy (non-hydrogen) atoms. The highest BCUT2D eigenvalue weighted by Gasteiger charge is 2.10. The Bertz CT molecular complexity index is 661. The second kappa shape index (κ2) is 5.51. The maximum atomic E-state index is 6.25. The number of nitrogens with two attached hydrogens (primary N) is 1. The fourth-order valence-electron chi connectivity index (χ4n) is 2.33. The summed E-state index contributed by atoms with van der Waals surface area (Å²) in [6, 6.07) is 14.6. The number of hydrogen-bond donors (Lipinski definition) is 1. The molecule has 0 amide bonds. The summed E-state index contributed by atoms with van der Waals surface area (Å²) >= 11 is 1.79. The molecule has 0 aliphatic rings. The van der Waals surface area contributed by atoms with E-state index in [0.29, 0.717) is 0 Å². The molecule has 96 valence electrons. The van der Waals surface area contributed by atoms with E-state index < -0.39 is 0 Å². The minimum absolute atomic E-state index is 0.118. The molecular formula is C16H16N2S. The van der Waals surface area contributed by atoms with Crippen LogP contribution in [0.15, 0.2) is 54.0 Å². The molecule has 2 aromatic heterocycles. The molecule has 3 rings (SSSR count). The van der Waals surface area contributed by atoms with Crippen molar-refractivity contribution in [3.8, 4) is 0 Å². The molecule has 0 bridgehead atoms. The standard InChI is InChI=1S/C16H16N2S/c17-13(10-14-5-3-4-8-18-14)9-12-11-19-16-7-2-1-6-15(12)16/h1-8,11,13H,9-10,17H2. The van der Waals surface area contributed by atoms with Crippen LogP contribution < -0.4 is 5.73 Å². The summed E-state index contributed by atoms with van der Waals surface area (Å²) in [4.78, 5) is 4.33. The van der Waals surface area contributed by atoms with E-state index in [2.05, 4.69) is 34.6 Å². The fourth-order valence-corrected chi connectivity index (χ4v) is 3.31. The van der Waals surface area contributed by atoms with Crippen molar-refractivity contribution in [3.63, 3.8) is 0 Å². The van der Waals surface area contributed by atoms with Gasteiger partial charge in [-0.1, -0.05) is 24.3 Å². The van der Waals surface area contributed by atoms with Crippen molar-refractivity contribution in [1.29, 1.82) is 0 Å². The van der Waals surface area contributed by atoms with Gasteiger partial charge in [-0.2, -0.15) is 0 Å². The monoisotopic (exact) mass is 268 g/mol. The molecule has 0 saturated heterocycles. The van der Waals surface area contributed by atoms with Crippen molar-refractivity contribution < 1.29 is 0 Å². The van der Waals surface area contributed by atoms with E-state index in [4.69, 9.17) is 5.73 Å². The minimum Gasteiger partial charge on any atom is -0.327 e. The van der Waals surface area contributed by atoms with Gasteiger partial charge in [-0.15, -0.1) is 11.3 Å². The summed E-state index contributed by atoms with van der Waals surface area (Å²) in [5.41, 5.74) is 8.67. The van der Waals surface area contributed by atoms with Crippen molar-refractivity contribution >= 4 is 21.4 Å². The van der Waals surface area contributed by atoms with Crippen molar-refractivity contribution in [1.82, 2.24) is 4.98 Å². The lowest BCUT2D eigenvalue weighted by Gasteiger charge is -2.10. The van der Waals surface area contributed by atoms with Crippen molar-refractivity contribution in [2.24, 2.45) is 5.73 Å². The summed E-state index contributed by atoms with van der Waals surface area (Å²) in [6.45, 7) is 0. The molecule has 2 heterocycles. The van der Waals surface area contributed by atoms with E-state index in [9.17, 15) is 0 Å². The number of fused-ring (bicyclic) bond motifs is 1. The van der Waals surface area contributed by atoms with Gasteiger partial charge < -0.3 is 5.73 Å². The fraction of sp³-hybridized carbons (Fsp3) is 0.188. The topological polar surface area (TPSA) is 38.9 Å². The molecule has 0 fully saturated rings. The Morgan fingerprint density at radius 3 is 2.74 bits per heavy atom. The zero-order valence-corrected chi connectivity index (χ0v) is 11.4. The molecule has 1 unspecified atom stereocenters. The molecule has 0 aliphatic carbocycles. The van der Waals surface area contributed by atoms with Crippen LogP contribution in [0.4, 0.5) is 0 Å².